The minimum Gasteiger partial charge on any atom is -0.395 e. The van der Waals surface area contributed by atoms with Gasteiger partial charge in [0, 0.05) is 18.2 Å². The Labute approximate surface area is 187 Å². The van der Waals surface area contributed by atoms with Gasteiger partial charge in [-0.05, 0) is 30.2 Å². The monoisotopic (exact) mass is 464 g/mol. The van der Waals surface area contributed by atoms with E-state index in [-0.39, 0.29) is 13.2 Å². The number of benzene rings is 1. The molecule has 8 nitrogen and oxygen atoms in total. The van der Waals surface area contributed by atoms with Gasteiger partial charge in [-0.3, -0.25) is 19.3 Å². The SMILES string of the molecule is CC(NC(=O)CCC(F)(F)F)C(=O)N[C@@H]1C(=O)N(CCO)c2ncccc2-c2ccccc21. The van der Waals surface area contributed by atoms with Gasteiger partial charge in [-0.1, -0.05) is 24.3 Å². The van der Waals surface area contributed by atoms with E-state index in [1.165, 1.54) is 18.0 Å². The van der Waals surface area contributed by atoms with E-state index in [2.05, 4.69) is 15.6 Å². The third-order valence-electron chi connectivity index (χ3n) is 5.13. The molecule has 176 valence electrons. The number of alkyl halides is 3. The number of nitrogens with one attached hydrogen (secondary N) is 2. The fourth-order valence-electron chi connectivity index (χ4n) is 3.57. The summed E-state index contributed by atoms with van der Waals surface area (Å²) in [5, 5.41) is 14.3. The van der Waals surface area contributed by atoms with Crippen molar-refractivity contribution in [2.24, 2.45) is 0 Å². The fourth-order valence-corrected chi connectivity index (χ4v) is 3.57. The first-order valence-electron chi connectivity index (χ1n) is 10.3. The van der Waals surface area contributed by atoms with Crippen LogP contribution in [-0.4, -0.2) is 53.2 Å². The van der Waals surface area contributed by atoms with Gasteiger partial charge in [0.25, 0.3) is 5.91 Å². The number of anilines is 1. The lowest BCUT2D eigenvalue weighted by Crippen LogP contribution is -2.50. The Kier molecular flexibility index (Phi) is 7.32. The van der Waals surface area contributed by atoms with Gasteiger partial charge in [0.15, 0.2) is 0 Å². The second kappa shape index (κ2) is 9.99. The summed E-state index contributed by atoms with van der Waals surface area (Å²) in [6.45, 7) is 0.910. The molecule has 1 aromatic heterocycles. The van der Waals surface area contributed by atoms with Crippen LogP contribution in [0.4, 0.5) is 19.0 Å². The molecule has 2 heterocycles. The van der Waals surface area contributed by atoms with Crippen LogP contribution in [0, 0.1) is 0 Å². The van der Waals surface area contributed by atoms with Gasteiger partial charge in [-0.15, -0.1) is 0 Å². The smallest absolute Gasteiger partial charge is 0.389 e. The van der Waals surface area contributed by atoms with Crippen LogP contribution in [0.1, 0.15) is 31.4 Å². The summed E-state index contributed by atoms with van der Waals surface area (Å²) in [7, 11) is 0. The molecule has 1 aliphatic rings. The summed E-state index contributed by atoms with van der Waals surface area (Å²) in [4.78, 5) is 43.5. The standard InChI is InChI=1S/C22H23F3N4O4/c1-13(27-17(31)8-9-22(23,24)25)20(32)28-18-15-6-3-2-5-14(15)16-7-4-10-26-19(16)29(11-12-30)21(18)33/h2-7,10,13,18,30H,8-9,11-12H2,1H3,(H,27,31)(H,28,32)/t13?,18-/m0/s1. The summed E-state index contributed by atoms with van der Waals surface area (Å²) in [6, 6.07) is 8.04. The molecule has 0 bridgehead atoms. The van der Waals surface area contributed by atoms with Gasteiger partial charge in [0.05, 0.1) is 19.6 Å². The summed E-state index contributed by atoms with van der Waals surface area (Å²) >= 11 is 0. The Morgan fingerprint density at radius 1 is 1.18 bits per heavy atom. The molecule has 2 atom stereocenters. The van der Waals surface area contributed by atoms with Crippen LogP contribution < -0.4 is 15.5 Å². The van der Waals surface area contributed by atoms with Crippen molar-refractivity contribution in [1.82, 2.24) is 15.6 Å². The topological polar surface area (TPSA) is 112 Å². The Morgan fingerprint density at radius 2 is 1.88 bits per heavy atom. The zero-order chi connectivity index (χ0) is 24.2. The highest BCUT2D eigenvalue weighted by molar-refractivity contribution is 6.05. The number of β-amino-alcohol motifs (C(OH)–C–C–N with tert-alkyl or cyclic N) is 1. The number of hydrogen-bond acceptors (Lipinski definition) is 5. The van der Waals surface area contributed by atoms with Crippen LogP contribution in [0.5, 0.6) is 0 Å². The van der Waals surface area contributed by atoms with Crippen molar-refractivity contribution in [2.75, 3.05) is 18.1 Å². The van der Waals surface area contributed by atoms with Crippen molar-refractivity contribution < 1.29 is 32.7 Å². The van der Waals surface area contributed by atoms with Gasteiger partial charge < -0.3 is 15.7 Å². The van der Waals surface area contributed by atoms with E-state index in [1.807, 2.05) is 0 Å². The summed E-state index contributed by atoms with van der Waals surface area (Å²) in [6.07, 6.45) is -5.09. The molecular formula is C22H23F3N4O4. The maximum absolute atomic E-state index is 13.4. The first kappa shape index (κ1) is 24.2. The second-order valence-electron chi connectivity index (χ2n) is 7.52. The number of aromatic nitrogens is 1. The molecule has 33 heavy (non-hydrogen) atoms. The van der Waals surface area contributed by atoms with Crippen LogP contribution in [0.2, 0.25) is 0 Å². The number of halogens is 3. The van der Waals surface area contributed by atoms with Crippen molar-refractivity contribution >= 4 is 23.5 Å². The number of pyridine rings is 1. The van der Waals surface area contributed by atoms with E-state index in [9.17, 15) is 32.7 Å². The molecule has 0 aliphatic carbocycles. The molecule has 0 radical (unpaired) electrons. The molecule has 3 N–H and O–H groups in total. The lowest BCUT2D eigenvalue weighted by atomic mass is 9.96. The highest BCUT2D eigenvalue weighted by atomic mass is 19.4. The molecule has 2 aromatic rings. The largest absolute Gasteiger partial charge is 0.395 e. The minimum atomic E-state index is -4.49. The van der Waals surface area contributed by atoms with Crippen molar-refractivity contribution in [3.8, 4) is 11.1 Å². The van der Waals surface area contributed by atoms with E-state index in [0.717, 1.165) is 0 Å². The van der Waals surface area contributed by atoms with Gasteiger partial charge >= 0.3 is 6.18 Å². The average Bonchev–Trinajstić information content (AvgIpc) is 2.87. The number of hydrogen-bond donors (Lipinski definition) is 3. The van der Waals surface area contributed by atoms with E-state index >= 15 is 0 Å². The average molecular weight is 464 g/mol. The van der Waals surface area contributed by atoms with E-state index < -0.39 is 48.8 Å². The molecule has 1 aliphatic heterocycles. The molecule has 3 rings (SSSR count). The molecule has 3 amide bonds. The van der Waals surface area contributed by atoms with Crippen LogP contribution >= 0.6 is 0 Å². The van der Waals surface area contributed by atoms with Gasteiger partial charge in [0.1, 0.15) is 17.9 Å². The zero-order valence-corrected chi connectivity index (χ0v) is 17.7. The predicted molar refractivity (Wildman–Crippen MR) is 113 cm³/mol. The summed E-state index contributed by atoms with van der Waals surface area (Å²) in [5.74, 6) is -1.89. The van der Waals surface area contributed by atoms with Gasteiger partial charge in [-0.2, -0.15) is 13.2 Å². The fraction of sp³-hybridized carbons (Fsp3) is 0.364. The third kappa shape index (κ3) is 5.67. The van der Waals surface area contributed by atoms with Crippen LogP contribution in [0.3, 0.4) is 0 Å². The summed E-state index contributed by atoms with van der Waals surface area (Å²) in [5.41, 5.74) is 1.78. The number of aliphatic hydroxyl groups is 1. The minimum absolute atomic E-state index is 0.0626. The lowest BCUT2D eigenvalue weighted by Gasteiger charge is -2.26. The Hall–Kier alpha value is -3.47. The number of carbonyl (C=O) groups excluding carboxylic acids is 3. The van der Waals surface area contributed by atoms with Crippen molar-refractivity contribution in [3.63, 3.8) is 0 Å². The van der Waals surface area contributed by atoms with E-state index in [4.69, 9.17) is 0 Å². The van der Waals surface area contributed by atoms with Crippen molar-refractivity contribution in [2.45, 2.75) is 38.0 Å². The second-order valence-corrected chi connectivity index (χ2v) is 7.52. The Balaban J connectivity index is 1.85. The Morgan fingerprint density at radius 3 is 2.58 bits per heavy atom. The number of rotatable bonds is 7. The van der Waals surface area contributed by atoms with Gasteiger partial charge in [0.2, 0.25) is 11.8 Å². The molecule has 1 unspecified atom stereocenters. The van der Waals surface area contributed by atoms with Crippen LogP contribution in [0.15, 0.2) is 42.6 Å². The number of carbonyl (C=O) groups is 3. The summed E-state index contributed by atoms with van der Waals surface area (Å²) < 4.78 is 37.0. The van der Waals surface area contributed by atoms with Crippen LogP contribution in [-0.2, 0) is 14.4 Å². The lowest BCUT2D eigenvalue weighted by molar-refractivity contribution is -0.144. The van der Waals surface area contributed by atoms with Crippen molar-refractivity contribution in [3.05, 3.63) is 48.2 Å². The molecule has 0 saturated carbocycles. The number of nitrogens with zero attached hydrogens (tertiary/aromatic N) is 2. The number of fused-ring (bicyclic) bond motifs is 3. The molecule has 0 saturated heterocycles. The quantitative estimate of drug-likeness (QED) is 0.581. The molecule has 0 fully saturated rings. The zero-order valence-electron chi connectivity index (χ0n) is 17.7. The highest BCUT2D eigenvalue weighted by Gasteiger charge is 2.36. The van der Waals surface area contributed by atoms with Crippen LogP contribution in [0.25, 0.3) is 11.1 Å². The third-order valence-corrected chi connectivity index (χ3v) is 5.13. The number of aliphatic hydroxyl groups excluding tert-OH is 1. The van der Waals surface area contributed by atoms with E-state index in [0.29, 0.717) is 22.5 Å². The normalized spacial score (nSPS) is 16.3. The van der Waals surface area contributed by atoms with E-state index in [1.54, 1.807) is 36.4 Å². The first-order valence-corrected chi connectivity index (χ1v) is 10.3. The van der Waals surface area contributed by atoms with Gasteiger partial charge in [-0.25, -0.2) is 4.98 Å². The molecular weight excluding hydrogens is 441 g/mol. The predicted octanol–water partition coefficient (Wildman–Crippen LogP) is 2.09. The Bertz CT molecular complexity index is 1040. The molecule has 0 spiro atoms. The molecule has 1 aromatic carbocycles. The number of amides is 3. The highest BCUT2D eigenvalue weighted by Crippen LogP contribution is 2.38. The molecule has 11 heteroatoms. The van der Waals surface area contributed by atoms with Crippen molar-refractivity contribution in [1.29, 1.82) is 0 Å². The maximum atomic E-state index is 13.4. The first-order chi connectivity index (χ1) is 15.6. The maximum Gasteiger partial charge on any atom is 0.389 e.